The van der Waals surface area contributed by atoms with Crippen LogP contribution in [0.25, 0.3) is 11.4 Å². The zero-order valence-corrected chi connectivity index (χ0v) is 14.4. The third-order valence-corrected chi connectivity index (χ3v) is 3.99. The molecule has 0 aliphatic heterocycles. The van der Waals surface area contributed by atoms with E-state index in [-0.39, 0.29) is 17.8 Å². The maximum Gasteiger partial charge on any atom is 0.269 e. The lowest BCUT2D eigenvalue weighted by Gasteiger charge is -2.06. The van der Waals surface area contributed by atoms with Gasteiger partial charge in [0.25, 0.3) is 11.4 Å². The third kappa shape index (κ3) is 3.48. The highest BCUT2D eigenvalue weighted by molar-refractivity contribution is 5.42. The molecule has 0 amide bonds. The number of nitro groups is 2. The molecule has 14 heteroatoms. The number of nitro benzene ring substituents is 2. The minimum atomic E-state index is -0.497. The fraction of sp³-hybridized carbons (Fsp3) is 0.0667. The Hall–Kier alpha value is -4.62. The number of tetrazole rings is 2. The molecule has 0 radical (unpaired) electrons. The molecule has 0 aliphatic carbocycles. The van der Waals surface area contributed by atoms with Crippen LogP contribution < -0.4 is 0 Å². The number of hydrogen-bond donors (Lipinski definition) is 0. The molecule has 0 unspecified atom stereocenters. The van der Waals surface area contributed by atoms with E-state index < -0.39 is 9.85 Å². The van der Waals surface area contributed by atoms with Gasteiger partial charge in [-0.25, -0.2) is 0 Å². The molecule has 0 atom stereocenters. The maximum absolute atomic E-state index is 10.8. The predicted octanol–water partition coefficient (Wildman–Crippen LogP) is 1.05. The van der Waals surface area contributed by atoms with Crippen molar-refractivity contribution in [2.45, 2.75) is 6.42 Å². The lowest BCUT2D eigenvalue weighted by molar-refractivity contribution is -0.385. The van der Waals surface area contributed by atoms with Gasteiger partial charge in [-0.2, -0.15) is 9.36 Å². The van der Waals surface area contributed by atoms with Gasteiger partial charge in [-0.05, 0) is 45.1 Å². The molecule has 144 valence electrons. The normalized spacial score (nSPS) is 10.8. The molecule has 14 nitrogen and oxygen atoms in total. The van der Waals surface area contributed by atoms with E-state index in [2.05, 4.69) is 31.1 Å². The average Bonchev–Trinajstić information content (AvgIpc) is 3.38. The van der Waals surface area contributed by atoms with Crippen LogP contribution in [0.4, 0.5) is 11.4 Å². The lowest BCUT2D eigenvalue weighted by Crippen LogP contribution is -2.09. The molecule has 2 heterocycles. The van der Waals surface area contributed by atoms with E-state index in [1.54, 1.807) is 0 Å². The van der Waals surface area contributed by atoms with Gasteiger partial charge in [0.05, 0.1) is 27.6 Å². The van der Waals surface area contributed by atoms with Gasteiger partial charge in [-0.1, -0.05) is 0 Å². The van der Waals surface area contributed by atoms with Crippen molar-refractivity contribution in [2.24, 2.45) is 0 Å². The average molecular weight is 394 g/mol. The maximum atomic E-state index is 10.8. The summed E-state index contributed by atoms with van der Waals surface area (Å²) in [6.07, 6.45) is 0.147. The van der Waals surface area contributed by atoms with Crippen LogP contribution in [0.5, 0.6) is 0 Å². The molecule has 4 aromatic rings. The Labute approximate surface area is 160 Å². The Balaban J connectivity index is 1.62. The van der Waals surface area contributed by atoms with E-state index in [4.69, 9.17) is 0 Å². The number of non-ortho nitro benzene ring substituents is 2. The number of aromatic nitrogens is 8. The van der Waals surface area contributed by atoms with Gasteiger partial charge in [0.15, 0.2) is 11.6 Å². The smallest absolute Gasteiger partial charge is 0.258 e. The summed E-state index contributed by atoms with van der Waals surface area (Å²) >= 11 is 0. The van der Waals surface area contributed by atoms with E-state index in [0.29, 0.717) is 23.0 Å². The second kappa shape index (κ2) is 7.18. The number of benzene rings is 2. The molecule has 0 bridgehead atoms. The highest BCUT2D eigenvalue weighted by Crippen LogP contribution is 2.18. The van der Waals surface area contributed by atoms with Crippen molar-refractivity contribution in [1.29, 1.82) is 0 Å². The molecular formula is C15H10N10O4. The summed E-state index contributed by atoms with van der Waals surface area (Å²) in [6.45, 7) is 0. The molecule has 2 aromatic heterocycles. The topological polar surface area (TPSA) is 173 Å². The Kier molecular flexibility index (Phi) is 4.40. The van der Waals surface area contributed by atoms with Crippen molar-refractivity contribution < 1.29 is 9.85 Å². The van der Waals surface area contributed by atoms with Crippen molar-refractivity contribution in [1.82, 2.24) is 40.4 Å². The number of nitrogens with zero attached hydrogens (tertiary/aromatic N) is 10. The second-order valence-corrected chi connectivity index (χ2v) is 5.74. The quantitative estimate of drug-likeness (QED) is 0.339. The minimum Gasteiger partial charge on any atom is -0.258 e. The fourth-order valence-corrected chi connectivity index (χ4v) is 2.61. The van der Waals surface area contributed by atoms with Gasteiger partial charge in [0.1, 0.15) is 0 Å². The van der Waals surface area contributed by atoms with E-state index in [9.17, 15) is 20.2 Å². The van der Waals surface area contributed by atoms with Crippen molar-refractivity contribution in [3.05, 3.63) is 80.4 Å². The summed E-state index contributed by atoms with van der Waals surface area (Å²) in [7, 11) is 0. The summed E-state index contributed by atoms with van der Waals surface area (Å²) in [4.78, 5) is 20.6. The van der Waals surface area contributed by atoms with Crippen LogP contribution >= 0.6 is 0 Å². The molecule has 0 saturated heterocycles. The monoisotopic (exact) mass is 394 g/mol. The summed E-state index contributed by atoms with van der Waals surface area (Å²) in [5.41, 5.74) is 0.964. The summed E-state index contributed by atoms with van der Waals surface area (Å²) in [6, 6.07) is 11.5. The van der Waals surface area contributed by atoms with Crippen molar-refractivity contribution in [3.63, 3.8) is 0 Å². The molecule has 2 aromatic carbocycles. The highest BCUT2D eigenvalue weighted by atomic mass is 16.6. The van der Waals surface area contributed by atoms with Gasteiger partial charge in [-0.15, -0.1) is 10.2 Å². The summed E-state index contributed by atoms with van der Waals surface area (Å²) in [5, 5.41) is 44.6. The lowest BCUT2D eigenvalue weighted by atomic mass is 10.2. The van der Waals surface area contributed by atoms with Gasteiger partial charge >= 0.3 is 0 Å². The first-order valence-corrected chi connectivity index (χ1v) is 8.07. The fourth-order valence-electron chi connectivity index (χ4n) is 2.61. The largest absolute Gasteiger partial charge is 0.269 e. The highest BCUT2D eigenvalue weighted by Gasteiger charge is 2.16. The van der Waals surface area contributed by atoms with Crippen molar-refractivity contribution in [3.8, 4) is 11.4 Å². The molecule has 4 rings (SSSR count). The molecular weight excluding hydrogens is 384 g/mol. The van der Waals surface area contributed by atoms with Crippen LogP contribution in [0.2, 0.25) is 0 Å². The Bertz CT molecular complexity index is 1090. The van der Waals surface area contributed by atoms with Crippen LogP contribution in [-0.2, 0) is 6.42 Å². The zero-order chi connectivity index (χ0) is 20.4. The van der Waals surface area contributed by atoms with Crippen LogP contribution in [-0.4, -0.2) is 50.3 Å². The third-order valence-electron chi connectivity index (χ3n) is 3.99. The summed E-state index contributed by atoms with van der Waals surface area (Å²) in [5.74, 6) is 0.800. The van der Waals surface area contributed by atoms with Gasteiger partial charge in [0, 0.05) is 24.3 Å². The minimum absolute atomic E-state index is 0.0505. The van der Waals surface area contributed by atoms with Crippen LogP contribution in [0.3, 0.4) is 0 Å². The number of rotatable bonds is 6. The van der Waals surface area contributed by atoms with Crippen molar-refractivity contribution in [2.75, 3.05) is 0 Å². The zero-order valence-electron chi connectivity index (χ0n) is 14.4. The van der Waals surface area contributed by atoms with Crippen LogP contribution in [0, 0.1) is 20.2 Å². The number of hydrogen-bond acceptors (Lipinski definition) is 10. The van der Waals surface area contributed by atoms with Crippen LogP contribution in [0.1, 0.15) is 11.6 Å². The second-order valence-electron chi connectivity index (χ2n) is 5.74. The first-order chi connectivity index (χ1) is 14.0. The van der Waals surface area contributed by atoms with Crippen molar-refractivity contribution >= 4 is 11.4 Å². The Morgan fingerprint density at radius 1 is 0.690 bits per heavy atom. The Morgan fingerprint density at radius 2 is 1.07 bits per heavy atom. The van der Waals surface area contributed by atoms with Gasteiger partial charge in [0.2, 0.25) is 0 Å². The molecule has 0 spiro atoms. The predicted molar refractivity (Wildman–Crippen MR) is 94.4 cm³/mol. The molecule has 0 fully saturated rings. The molecule has 0 aliphatic rings. The SMILES string of the molecule is O=[N+]([O-])c1ccc(-n2nnnc2Cc2nnnn2-c2ccc([N+](=O)[O-])cc2)cc1. The van der Waals surface area contributed by atoms with Gasteiger partial charge < -0.3 is 0 Å². The first kappa shape index (κ1) is 17.8. The Morgan fingerprint density at radius 3 is 1.41 bits per heavy atom. The summed E-state index contributed by atoms with van der Waals surface area (Å²) < 4.78 is 2.83. The van der Waals surface area contributed by atoms with Crippen LogP contribution in [0.15, 0.2) is 48.5 Å². The van der Waals surface area contributed by atoms with E-state index in [1.165, 1.54) is 57.9 Å². The first-order valence-electron chi connectivity index (χ1n) is 8.07. The van der Waals surface area contributed by atoms with E-state index in [1.807, 2.05) is 0 Å². The molecule has 0 saturated carbocycles. The van der Waals surface area contributed by atoms with Gasteiger partial charge in [-0.3, -0.25) is 20.2 Å². The molecule has 0 N–H and O–H groups in total. The van der Waals surface area contributed by atoms with E-state index >= 15 is 0 Å². The standard InChI is InChI=1S/C15H10N10O4/c26-24(27)12-5-1-10(2-6-12)22-14(16-18-20-22)9-15-17-19-21-23(15)11-3-7-13(8-4-11)25(28)29/h1-8H,9H2. The molecule has 29 heavy (non-hydrogen) atoms. The van der Waals surface area contributed by atoms with E-state index in [0.717, 1.165) is 0 Å².